The molecular weight excluding hydrogens is 312 g/mol. The number of carboxylic acids is 1. The minimum Gasteiger partial charge on any atom is -0.544 e. The van der Waals surface area contributed by atoms with Crippen molar-refractivity contribution in [3.63, 3.8) is 0 Å². The quantitative estimate of drug-likeness (QED) is 0.225. The van der Waals surface area contributed by atoms with Crippen molar-refractivity contribution in [3.8, 4) is 0 Å². The van der Waals surface area contributed by atoms with E-state index in [1.807, 2.05) is 0 Å². The minimum absolute atomic E-state index is 0.0376. The van der Waals surface area contributed by atoms with Gasteiger partial charge in [-0.3, -0.25) is 4.90 Å². The number of quaternary nitrogens is 1. The third-order valence-corrected chi connectivity index (χ3v) is 1.92. The summed E-state index contributed by atoms with van der Waals surface area (Å²) in [6.07, 6.45) is -1.40. The Labute approximate surface area is 127 Å². The van der Waals surface area contributed by atoms with Crippen LogP contribution in [0.4, 0.5) is 22.4 Å². The van der Waals surface area contributed by atoms with Gasteiger partial charge in [0, 0.05) is 6.42 Å². The molecule has 0 aromatic carbocycles. The van der Waals surface area contributed by atoms with E-state index >= 15 is 0 Å². The molecule has 0 aliphatic rings. The highest BCUT2D eigenvalue weighted by atomic mass is 19.3. The number of nitrogens with zero attached hydrogens (tertiary/aromatic N) is 2. The first-order chi connectivity index (χ1) is 10.0. The van der Waals surface area contributed by atoms with Crippen LogP contribution in [-0.4, -0.2) is 83.2 Å². The molecule has 0 spiro atoms. The molecule has 0 rings (SSSR count). The Hall–Kier alpha value is -1.42. The topological polar surface area (TPSA) is 69.7 Å². The average molecular weight is 336 g/mol. The molecule has 0 aliphatic carbocycles. The van der Waals surface area contributed by atoms with Crippen LogP contribution in [-0.2, 0) is 9.53 Å². The normalized spacial score (nSPS) is 10.0. The van der Waals surface area contributed by atoms with E-state index in [4.69, 9.17) is 0 Å². The summed E-state index contributed by atoms with van der Waals surface area (Å²) >= 11 is 0. The number of halogens is 4. The molecule has 0 unspecified atom stereocenters. The predicted octanol–water partition coefficient (Wildman–Crippen LogP) is 0.667. The summed E-state index contributed by atoms with van der Waals surface area (Å²) in [6, 6.07) is 0. The number of likely N-dealkylation sites (N-methyl/N-ethyl adjacent to an activating group) is 1. The third kappa shape index (κ3) is 31.1. The zero-order valence-electron chi connectivity index (χ0n) is 13.3. The van der Waals surface area contributed by atoms with Crippen molar-refractivity contribution in [2.24, 2.45) is 0 Å². The van der Waals surface area contributed by atoms with Gasteiger partial charge in [-0.15, -0.1) is 4.39 Å². The van der Waals surface area contributed by atoms with Crippen molar-refractivity contribution >= 4 is 12.2 Å². The fraction of sp³-hybridized carbons (Fsp3) is 0.833. The highest BCUT2D eigenvalue weighted by Crippen LogP contribution is 1.99. The molecule has 134 valence electrons. The van der Waals surface area contributed by atoms with Crippen molar-refractivity contribution in [2.45, 2.75) is 6.42 Å². The Kier molecular flexibility index (Phi) is 18.5. The second-order valence-corrected chi connectivity index (χ2v) is 4.93. The lowest BCUT2D eigenvalue weighted by molar-refractivity contribution is -0.885. The smallest absolute Gasteiger partial charge is 0.495 e. The highest BCUT2D eigenvalue weighted by molar-refractivity contribution is 5.65. The summed E-state index contributed by atoms with van der Waals surface area (Å²) in [5, 5.41) is 10.3. The van der Waals surface area contributed by atoms with Gasteiger partial charge in [-0.05, 0) is 14.1 Å². The van der Waals surface area contributed by atoms with Gasteiger partial charge in [-0.2, -0.15) is 0 Å². The van der Waals surface area contributed by atoms with Crippen molar-refractivity contribution in [3.05, 3.63) is 0 Å². The number of rotatable bonds is 7. The average Bonchev–Trinajstić information content (AvgIpc) is 2.34. The Balaban J connectivity index is -0.000000373. The summed E-state index contributed by atoms with van der Waals surface area (Å²) in [4.78, 5) is 21.5. The Morgan fingerprint density at radius 3 is 1.86 bits per heavy atom. The van der Waals surface area contributed by atoms with Gasteiger partial charge in [-0.1, -0.05) is 0 Å². The molecule has 0 radical (unpaired) electrons. The van der Waals surface area contributed by atoms with Crippen LogP contribution in [0.25, 0.3) is 0 Å². The van der Waals surface area contributed by atoms with Gasteiger partial charge in [0.2, 0.25) is 6.93 Å². The van der Waals surface area contributed by atoms with E-state index in [-0.39, 0.29) is 24.4 Å². The maximum atomic E-state index is 11.6. The second-order valence-electron chi connectivity index (χ2n) is 4.93. The molecule has 6 nitrogen and oxygen atoms in total. The number of aliphatic carboxylic acids is 1. The van der Waals surface area contributed by atoms with Gasteiger partial charge < -0.3 is 19.1 Å². The lowest BCUT2D eigenvalue weighted by Crippen LogP contribution is -2.49. The summed E-state index contributed by atoms with van der Waals surface area (Å²) in [6.45, 7) is -1.80. The van der Waals surface area contributed by atoms with Crippen LogP contribution in [0, 0.1) is 0 Å². The van der Waals surface area contributed by atoms with E-state index in [1.54, 1.807) is 28.2 Å². The van der Waals surface area contributed by atoms with Crippen LogP contribution in [0.15, 0.2) is 0 Å². The zero-order valence-corrected chi connectivity index (χ0v) is 13.3. The van der Waals surface area contributed by atoms with Gasteiger partial charge in [0.15, 0.2) is 0 Å². The number of hydrogen-bond acceptors (Lipinski definition) is 5. The van der Waals surface area contributed by atoms with E-state index in [0.29, 0.717) is 13.0 Å². The molecule has 0 saturated heterocycles. The zero-order chi connectivity index (χ0) is 18.2. The number of ether oxygens (including phenoxy) is 1. The summed E-state index contributed by atoms with van der Waals surface area (Å²) in [5.74, 6) is -1.14. The minimum atomic E-state index is -1.81. The molecule has 0 N–H and O–H groups in total. The fourth-order valence-corrected chi connectivity index (χ4v) is 1.07. The molecule has 10 heteroatoms. The first kappa shape index (κ1) is 25.5. The second kappa shape index (κ2) is 16.0. The van der Waals surface area contributed by atoms with Crippen molar-refractivity contribution in [1.29, 1.82) is 0 Å². The SMILES string of the molecule is CN(C)CF.C[N+](C)(CCCOC(=O)F)CC(=O)[O-].FCF. The van der Waals surface area contributed by atoms with E-state index in [2.05, 4.69) is 4.74 Å². The maximum Gasteiger partial charge on any atom is 0.495 e. The first-order valence-corrected chi connectivity index (χ1v) is 6.19. The van der Waals surface area contributed by atoms with Crippen molar-refractivity contribution in [2.75, 3.05) is 61.6 Å². The van der Waals surface area contributed by atoms with Crippen LogP contribution in [0.1, 0.15) is 6.42 Å². The van der Waals surface area contributed by atoms with Crippen LogP contribution >= 0.6 is 0 Å². The molecule has 0 atom stereocenters. The van der Waals surface area contributed by atoms with Crippen LogP contribution in [0.2, 0.25) is 0 Å². The van der Waals surface area contributed by atoms with Gasteiger partial charge in [0.05, 0.1) is 33.2 Å². The molecule has 0 amide bonds. The number of alkyl halides is 3. The lowest BCUT2D eigenvalue weighted by atomic mass is 10.3. The number of carboxylic acid groups (broad SMARTS) is 1. The summed E-state index contributed by atoms with van der Waals surface area (Å²) in [5.41, 5.74) is 0. The molecule has 0 bridgehead atoms. The van der Waals surface area contributed by atoms with E-state index < -0.39 is 19.1 Å². The summed E-state index contributed by atoms with van der Waals surface area (Å²) in [7, 11) is 6.76. The Bertz CT molecular complexity index is 292. The number of carbonyl (C=O) groups is 2. The Morgan fingerprint density at radius 2 is 1.59 bits per heavy atom. The van der Waals surface area contributed by atoms with E-state index in [0.717, 1.165) is 0 Å². The molecule has 0 aromatic rings. The molecule has 0 aromatic heterocycles. The van der Waals surface area contributed by atoms with Gasteiger partial charge in [0.25, 0.3) is 0 Å². The molecule has 22 heavy (non-hydrogen) atoms. The molecular formula is C12H24F4N2O4. The van der Waals surface area contributed by atoms with Gasteiger partial charge in [-0.25, -0.2) is 18.0 Å². The fourth-order valence-electron chi connectivity index (χ4n) is 1.07. The van der Waals surface area contributed by atoms with Crippen molar-refractivity contribution in [1.82, 2.24) is 4.90 Å². The molecule has 0 saturated carbocycles. The van der Waals surface area contributed by atoms with E-state index in [1.165, 1.54) is 4.90 Å². The summed E-state index contributed by atoms with van der Waals surface area (Å²) < 4.78 is 46.1. The standard InChI is InChI=1S/C8H14FNO4.C3H8FN.CH2F2/c1-10(2,6-7(11)12)4-3-5-14-8(9)13;1-5(2)3-4;2-1-3/h3-6H2,1-2H3;3H2,1-2H3;1H2. The monoisotopic (exact) mass is 336 g/mol. The van der Waals surface area contributed by atoms with Gasteiger partial charge >= 0.3 is 6.22 Å². The van der Waals surface area contributed by atoms with E-state index in [9.17, 15) is 32.3 Å². The molecule has 0 heterocycles. The predicted molar refractivity (Wildman–Crippen MR) is 70.7 cm³/mol. The van der Waals surface area contributed by atoms with Crippen LogP contribution < -0.4 is 5.11 Å². The van der Waals surface area contributed by atoms with Crippen molar-refractivity contribution < 1.29 is 41.5 Å². The Morgan fingerprint density at radius 1 is 1.18 bits per heavy atom. The number of hydrogen-bond donors (Lipinski definition) is 0. The molecule has 0 fully saturated rings. The van der Waals surface area contributed by atoms with Gasteiger partial charge in [0.1, 0.15) is 13.3 Å². The third-order valence-electron chi connectivity index (χ3n) is 1.92. The largest absolute Gasteiger partial charge is 0.544 e. The highest BCUT2D eigenvalue weighted by Gasteiger charge is 2.14. The van der Waals surface area contributed by atoms with Crippen LogP contribution in [0.3, 0.4) is 0 Å². The van der Waals surface area contributed by atoms with Crippen LogP contribution in [0.5, 0.6) is 0 Å². The first-order valence-electron chi connectivity index (χ1n) is 6.19. The molecule has 0 aliphatic heterocycles. The maximum absolute atomic E-state index is 11.6. The number of carbonyl (C=O) groups excluding carboxylic acids is 2. The lowest BCUT2D eigenvalue weighted by Gasteiger charge is -2.29.